The summed E-state index contributed by atoms with van der Waals surface area (Å²) in [6.07, 6.45) is 1.61. The Bertz CT molecular complexity index is 799. The lowest BCUT2D eigenvalue weighted by atomic mass is 10.1. The molecule has 1 fully saturated rings. The van der Waals surface area contributed by atoms with Gasteiger partial charge in [-0.1, -0.05) is 42.0 Å². The Morgan fingerprint density at radius 1 is 1.13 bits per heavy atom. The maximum atomic E-state index is 12.9. The Hall–Kier alpha value is -2.40. The number of hydrogen-bond donors (Lipinski definition) is 0. The van der Waals surface area contributed by atoms with E-state index in [2.05, 4.69) is 0 Å². The van der Waals surface area contributed by atoms with Crippen LogP contribution in [0.25, 0.3) is 6.08 Å². The number of imide groups is 1. The van der Waals surface area contributed by atoms with Crippen LogP contribution in [0.5, 0.6) is 0 Å². The number of nitrogens with zero attached hydrogens (tertiary/aromatic N) is 1. The molecule has 0 unspecified atom stereocenters. The van der Waals surface area contributed by atoms with Crippen molar-refractivity contribution in [2.75, 3.05) is 0 Å². The van der Waals surface area contributed by atoms with Crippen LogP contribution in [0.15, 0.2) is 53.4 Å². The van der Waals surface area contributed by atoms with Crippen LogP contribution in [0.1, 0.15) is 16.7 Å². The van der Waals surface area contributed by atoms with Gasteiger partial charge in [0, 0.05) is 0 Å². The highest BCUT2D eigenvalue weighted by Crippen LogP contribution is 2.33. The smallest absolute Gasteiger partial charge is 0.268 e. The molecule has 3 rings (SSSR count). The van der Waals surface area contributed by atoms with Crippen LogP contribution in [0, 0.1) is 12.7 Å². The summed E-state index contributed by atoms with van der Waals surface area (Å²) in [5, 5.41) is -0.287. The zero-order valence-electron chi connectivity index (χ0n) is 12.5. The summed E-state index contributed by atoms with van der Waals surface area (Å²) in [7, 11) is 0. The van der Waals surface area contributed by atoms with Crippen molar-refractivity contribution in [3.05, 3.63) is 75.9 Å². The van der Waals surface area contributed by atoms with Crippen LogP contribution in [-0.2, 0) is 11.3 Å². The van der Waals surface area contributed by atoms with Gasteiger partial charge in [-0.2, -0.15) is 0 Å². The van der Waals surface area contributed by atoms with Crippen molar-refractivity contribution in [3.63, 3.8) is 0 Å². The van der Waals surface area contributed by atoms with Gasteiger partial charge in [-0.3, -0.25) is 14.5 Å². The predicted octanol–water partition coefficient (Wildman–Crippen LogP) is 4.37. The Kier molecular flexibility index (Phi) is 4.30. The zero-order chi connectivity index (χ0) is 16.4. The molecule has 1 aliphatic heterocycles. The van der Waals surface area contributed by atoms with Gasteiger partial charge in [-0.05, 0) is 48.0 Å². The Balaban J connectivity index is 1.81. The zero-order valence-corrected chi connectivity index (χ0v) is 13.3. The number of amides is 2. The molecule has 0 aliphatic carbocycles. The molecule has 1 aliphatic rings. The highest BCUT2D eigenvalue weighted by atomic mass is 32.2. The molecule has 2 aromatic rings. The van der Waals surface area contributed by atoms with E-state index in [4.69, 9.17) is 0 Å². The monoisotopic (exact) mass is 327 g/mol. The van der Waals surface area contributed by atoms with Crippen LogP contribution in [0.2, 0.25) is 0 Å². The van der Waals surface area contributed by atoms with Crippen molar-refractivity contribution >= 4 is 29.0 Å². The molecule has 3 nitrogen and oxygen atoms in total. The van der Waals surface area contributed by atoms with Crippen LogP contribution >= 0.6 is 11.8 Å². The molecule has 1 heterocycles. The second-order valence-electron chi connectivity index (χ2n) is 5.31. The highest BCUT2D eigenvalue weighted by molar-refractivity contribution is 8.18. The van der Waals surface area contributed by atoms with E-state index < -0.39 is 0 Å². The van der Waals surface area contributed by atoms with E-state index in [0.29, 0.717) is 10.5 Å². The first-order chi connectivity index (χ1) is 11.0. The molecule has 2 amide bonds. The van der Waals surface area contributed by atoms with Crippen molar-refractivity contribution < 1.29 is 14.0 Å². The molecule has 1 saturated heterocycles. The fourth-order valence-corrected chi connectivity index (χ4v) is 3.18. The third kappa shape index (κ3) is 3.51. The van der Waals surface area contributed by atoms with E-state index in [1.54, 1.807) is 18.2 Å². The summed E-state index contributed by atoms with van der Waals surface area (Å²) < 4.78 is 12.9. The fraction of sp³-hybridized carbons (Fsp3) is 0.111. The summed E-state index contributed by atoms with van der Waals surface area (Å²) in [4.78, 5) is 26.1. The molecule has 2 aromatic carbocycles. The topological polar surface area (TPSA) is 37.4 Å². The van der Waals surface area contributed by atoms with Gasteiger partial charge in [0.1, 0.15) is 5.82 Å². The van der Waals surface area contributed by atoms with Crippen LogP contribution in [0.3, 0.4) is 0 Å². The molecular formula is C18H14FNO2S. The van der Waals surface area contributed by atoms with E-state index in [1.807, 2.05) is 31.2 Å². The minimum atomic E-state index is -0.338. The first-order valence-electron chi connectivity index (χ1n) is 7.09. The first-order valence-corrected chi connectivity index (χ1v) is 7.91. The summed E-state index contributed by atoms with van der Waals surface area (Å²) in [5.41, 5.74) is 2.68. The minimum absolute atomic E-state index is 0.257. The molecule has 0 bridgehead atoms. The second kappa shape index (κ2) is 6.38. The number of thioether (sulfide) groups is 1. The third-order valence-corrected chi connectivity index (χ3v) is 4.37. The van der Waals surface area contributed by atoms with Gasteiger partial charge in [0.15, 0.2) is 0 Å². The molecule has 5 heteroatoms. The largest absolute Gasteiger partial charge is 0.293 e. The van der Waals surface area contributed by atoms with Crippen molar-refractivity contribution in [2.24, 2.45) is 0 Å². The maximum absolute atomic E-state index is 12.9. The molecule has 0 atom stereocenters. The van der Waals surface area contributed by atoms with Gasteiger partial charge in [0.2, 0.25) is 0 Å². The minimum Gasteiger partial charge on any atom is -0.268 e. The Morgan fingerprint density at radius 3 is 2.57 bits per heavy atom. The second-order valence-corrected chi connectivity index (χ2v) is 6.30. The summed E-state index contributed by atoms with van der Waals surface area (Å²) in [6.45, 7) is 2.22. The van der Waals surface area contributed by atoms with Crippen molar-refractivity contribution in [2.45, 2.75) is 13.5 Å². The first kappa shape index (κ1) is 15.5. The van der Waals surface area contributed by atoms with Gasteiger partial charge in [-0.25, -0.2) is 4.39 Å². The van der Waals surface area contributed by atoms with E-state index in [0.717, 1.165) is 22.9 Å². The molecule has 0 N–H and O–H groups in total. The standard InChI is InChI=1S/C18H14FNO2S/c1-12-3-2-4-14(9-12)11-20-17(21)16(23-18(20)22)10-13-5-7-15(19)8-6-13/h2-10H,11H2,1H3/b16-10-. The molecule has 23 heavy (non-hydrogen) atoms. The third-order valence-electron chi connectivity index (χ3n) is 3.46. The SMILES string of the molecule is Cc1cccc(CN2C(=O)S/C(=C\c3ccc(F)cc3)C2=O)c1. The lowest BCUT2D eigenvalue weighted by Gasteiger charge is -2.12. The average molecular weight is 327 g/mol. The number of rotatable bonds is 3. The van der Waals surface area contributed by atoms with Crippen LogP contribution in [-0.4, -0.2) is 16.0 Å². The van der Waals surface area contributed by atoms with Gasteiger partial charge in [0.05, 0.1) is 11.4 Å². The average Bonchev–Trinajstić information content (AvgIpc) is 2.77. The predicted molar refractivity (Wildman–Crippen MR) is 89.1 cm³/mol. The van der Waals surface area contributed by atoms with E-state index >= 15 is 0 Å². The van der Waals surface area contributed by atoms with Crippen LogP contribution < -0.4 is 0 Å². The van der Waals surface area contributed by atoms with Gasteiger partial charge in [0.25, 0.3) is 11.1 Å². The molecule has 0 aromatic heterocycles. The van der Waals surface area contributed by atoms with E-state index in [-0.39, 0.29) is 23.5 Å². The fourth-order valence-electron chi connectivity index (χ4n) is 2.34. The lowest BCUT2D eigenvalue weighted by Crippen LogP contribution is -2.27. The molecular weight excluding hydrogens is 313 g/mol. The summed E-state index contributed by atoms with van der Waals surface area (Å²) in [6, 6.07) is 13.5. The van der Waals surface area contributed by atoms with Crippen molar-refractivity contribution in [1.82, 2.24) is 4.90 Å². The number of carbonyl (C=O) groups excluding carboxylic acids is 2. The Morgan fingerprint density at radius 2 is 1.87 bits per heavy atom. The number of halogens is 1. The van der Waals surface area contributed by atoms with Gasteiger partial charge in [-0.15, -0.1) is 0 Å². The molecule has 0 saturated carbocycles. The van der Waals surface area contributed by atoms with Gasteiger partial charge >= 0.3 is 0 Å². The number of aryl methyl sites for hydroxylation is 1. The highest BCUT2D eigenvalue weighted by Gasteiger charge is 2.34. The molecule has 0 spiro atoms. The normalized spacial score (nSPS) is 16.4. The molecule has 0 radical (unpaired) electrons. The molecule has 116 valence electrons. The van der Waals surface area contributed by atoms with E-state index in [9.17, 15) is 14.0 Å². The summed E-state index contributed by atoms with van der Waals surface area (Å²) in [5.74, 6) is -0.652. The Labute approximate surface area is 137 Å². The summed E-state index contributed by atoms with van der Waals surface area (Å²) >= 11 is 0.909. The number of benzene rings is 2. The number of carbonyl (C=O) groups is 2. The maximum Gasteiger partial charge on any atom is 0.293 e. The van der Waals surface area contributed by atoms with Crippen molar-refractivity contribution in [1.29, 1.82) is 0 Å². The quantitative estimate of drug-likeness (QED) is 0.786. The van der Waals surface area contributed by atoms with Crippen LogP contribution in [0.4, 0.5) is 9.18 Å². The van der Waals surface area contributed by atoms with E-state index in [1.165, 1.54) is 17.0 Å². The van der Waals surface area contributed by atoms with Crippen molar-refractivity contribution in [3.8, 4) is 0 Å². The number of hydrogen-bond acceptors (Lipinski definition) is 3. The lowest BCUT2D eigenvalue weighted by molar-refractivity contribution is -0.123. The van der Waals surface area contributed by atoms with Gasteiger partial charge < -0.3 is 0 Å².